The first-order valence-corrected chi connectivity index (χ1v) is 6.58. The van der Waals surface area contributed by atoms with Gasteiger partial charge >= 0.3 is 0 Å². The molecule has 0 saturated carbocycles. The van der Waals surface area contributed by atoms with Crippen LogP contribution in [0.2, 0.25) is 0 Å². The molecule has 0 aliphatic carbocycles. The van der Waals surface area contributed by atoms with Gasteiger partial charge in [0.2, 0.25) is 10.0 Å². The van der Waals surface area contributed by atoms with Gasteiger partial charge in [-0.15, -0.1) is 0 Å². The SMILES string of the molecule is CCC(O)CNS(=O)(=O)c1ccc(F)c(N)c1. The molecule has 1 atom stereocenters. The van der Waals surface area contributed by atoms with E-state index >= 15 is 0 Å². The molecule has 0 amide bonds. The molecule has 1 unspecified atom stereocenters. The molecule has 17 heavy (non-hydrogen) atoms. The van der Waals surface area contributed by atoms with E-state index in [0.29, 0.717) is 6.42 Å². The summed E-state index contributed by atoms with van der Waals surface area (Å²) >= 11 is 0. The van der Waals surface area contributed by atoms with Crippen molar-refractivity contribution in [1.82, 2.24) is 4.72 Å². The molecule has 0 fully saturated rings. The number of halogens is 1. The zero-order chi connectivity index (χ0) is 13.1. The topological polar surface area (TPSA) is 92.4 Å². The predicted octanol–water partition coefficient (Wildman–Crippen LogP) is 0.457. The molecule has 0 aromatic heterocycles. The number of anilines is 1. The maximum atomic E-state index is 12.9. The lowest BCUT2D eigenvalue weighted by molar-refractivity contribution is 0.174. The third-order valence-electron chi connectivity index (χ3n) is 2.26. The van der Waals surface area contributed by atoms with Crippen LogP contribution >= 0.6 is 0 Å². The van der Waals surface area contributed by atoms with Gasteiger partial charge in [0, 0.05) is 6.54 Å². The number of aliphatic hydroxyl groups is 1. The number of benzene rings is 1. The van der Waals surface area contributed by atoms with Crippen LogP contribution in [0.15, 0.2) is 23.1 Å². The fourth-order valence-electron chi connectivity index (χ4n) is 1.12. The normalized spacial score (nSPS) is 13.6. The molecular formula is C10H15FN2O3S. The molecule has 0 aliphatic heterocycles. The van der Waals surface area contributed by atoms with E-state index < -0.39 is 21.9 Å². The van der Waals surface area contributed by atoms with E-state index in [4.69, 9.17) is 5.73 Å². The smallest absolute Gasteiger partial charge is 0.240 e. The van der Waals surface area contributed by atoms with E-state index in [2.05, 4.69) is 4.72 Å². The summed E-state index contributed by atoms with van der Waals surface area (Å²) in [5.74, 6) is -0.669. The third-order valence-corrected chi connectivity index (χ3v) is 3.68. The molecule has 0 spiro atoms. The first-order valence-electron chi connectivity index (χ1n) is 5.09. The van der Waals surface area contributed by atoms with Crippen molar-refractivity contribution in [3.8, 4) is 0 Å². The lowest BCUT2D eigenvalue weighted by Crippen LogP contribution is -2.31. The predicted molar refractivity (Wildman–Crippen MR) is 62.3 cm³/mol. The van der Waals surface area contributed by atoms with Crippen LogP contribution in [0.4, 0.5) is 10.1 Å². The Morgan fingerprint density at radius 3 is 2.71 bits per heavy atom. The molecule has 0 heterocycles. The van der Waals surface area contributed by atoms with Crippen LogP contribution in [-0.2, 0) is 10.0 Å². The summed E-state index contributed by atoms with van der Waals surface area (Å²) in [5.41, 5.74) is 5.05. The summed E-state index contributed by atoms with van der Waals surface area (Å²) < 4.78 is 38.5. The van der Waals surface area contributed by atoms with E-state index in [9.17, 15) is 17.9 Å². The number of nitrogens with one attached hydrogen (secondary N) is 1. The molecule has 0 bridgehead atoms. The minimum absolute atomic E-state index is 0.0872. The highest BCUT2D eigenvalue weighted by Gasteiger charge is 2.16. The molecule has 96 valence electrons. The van der Waals surface area contributed by atoms with Crippen LogP contribution in [-0.4, -0.2) is 26.2 Å². The summed E-state index contributed by atoms with van der Waals surface area (Å²) in [6, 6.07) is 3.14. The Hall–Kier alpha value is -1.18. The Labute approximate surface area is 99.5 Å². The van der Waals surface area contributed by atoms with E-state index in [1.54, 1.807) is 6.92 Å². The van der Waals surface area contributed by atoms with E-state index in [-0.39, 0.29) is 17.1 Å². The van der Waals surface area contributed by atoms with Crippen molar-refractivity contribution >= 4 is 15.7 Å². The summed E-state index contributed by atoms with van der Waals surface area (Å²) in [7, 11) is -3.76. The van der Waals surface area contributed by atoms with Gasteiger partial charge in [-0.25, -0.2) is 17.5 Å². The van der Waals surface area contributed by atoms with E-state index in [1.165, 1.54) is 0 Å². The van der Waals surface area contributed by atoms with Crippen molar-refractivity contribution in [2.24, 2.45) is 0 Å². The van der Waals surface area contributed by atoms with Crippen molar-refractivity contribution in [2.45, 2.75) is 24.3 Å². The number of hydrogen-bond donors (Lipinski definition) is 3. The highest BCUT2D eigenvalue weighted by Crippen LogP contribution is 2.16. The number of nitrogen functional groups attached to an aromatic ring is 1. The molecular weight excluding hydrogens is 247 g/mol. The van der Waals surface area contributed by atoms with Gasteiger partial charge in [-0.3, -0.25) is 0 Å². The van der Waals surface area contributed by atoms with Crippen molar-refractivity contribution in [1.29, 1.82) is 0 Å². The van der Waals surface area contributed by atoms with Gasteiger partial charge in [0.05, 0.1) is 16.7 Å². The molecule has 4 N–H and O–H groups in total. The average molecular weight is 262 g/mol. The van der Waals surface area contributed by atoms with Crippen LogP contribution in [0.1, 0.15) is 13.3 Å². The van der Waals surface area contributed by atoms with Crippen molar-refractivity contribution in [3.63, 3.8) is 0 Å². The van der Waals surface area contributed by atoms with E-state index in [1.807, 2.05) is 0 Å². The largest absolute Gasteiger partial charge is 0.396 e. The van der Waals surface area contributed by atoms with Crippen LogP contribution in [0, 0.1) is 5.82 Å². The van der Waals surface area contributed by atoms with Gasteiger partial charge in [-0.1, -0.05) is 6.92 Å². The zero-order valence-corrected chi connectivity index (χ0v) is 10.2. The number of rotatable bonds is 5. The maximum Gasteiger partial charge on any atom is 0.240 e. The molecule has 0 aliphatic rings. The highest BCUT2D eigenvalue weighted by atomic mass is 32.2. The zero-order valence-electron chi connectivity index (χ0n) is 9.35. The number of aliphatic hydroxyl groups excluding tert-OH is 1. The van der Waals surface area contributed by atoms with Gasteiger partial charge in [-0.05, 0) is 24.6 Å². The second kappa shape index (κ2) is 5.44. The maximum absolute atomic E-state index is 12.9. The minimum Gasteiger partial charge on any atom is -0.396 e. The van der Waals surface area contributed by atoms with Crippen LogP contribution in [0.3, 0.4) is 0 Å². The quantitative estimate of drug-likeness (QED) is 0.672. The molecule has 0 saturated heterocycles. The Bertz CT molecular complexity index is 490. The Morgan fingerprint density at radius 2 is 2.18 bits per heavy atom. The first kappa shape index (κ1) is 13.9. The van der Waals surface area contributed by atoms with Gasteiger partial charge in [-0.2, -0.15) is 0 Å². The summed E-state index contributed by atoms with van der Waals surface area (Å²) in [5, 5.41) is 9.26. The summed E-state index contributed by atoms with van der Waals surface area (Å²) in [4.78, 5) is -0.125. The Balaban J connectivity index is 2.86. The molecule has 5 nitrogen and oxygen atoms in total. The third kappa shape index (κ3) is 3.65. The van der Waals surface area contributed by atoms with E-state index in [0.717, 1.165) is 18.2 Å². The molecule has 1 rings (SSSR count). The average Bonchev–Trinajstić information content (AvgIpc) is 2.29. The van der Waals surface area contributed by atoms with Gasteiger partial charge in [0.25, 0.3) is 0 Å². The van der Waals surface area contributed by atoms with Crippen LogP contribution in [0.5, 0.6) is 0 Å². The monoisotopic (exact) mass is 262 g/mol. The van der Waals surface area contributed by atoms with Gasteiger partial charge < -0.3 is 10.8 Å². The Kier molecular flexibility index (Phi) is 4.44. The van der Waals surface area contributed by atoms with Crippen molar-refractivity contribution < 1.29 is 17.9 Å². The molecule has 0 radical (unpaired) electrons. The second-order valence-corrected chi connectivity index (χ2v) is 5.36. The second-order valence-electron chi connectivity index (χ2n) is 3.60. The fourth-order valence-corrected chi connectivity index (χ4v) is 2.23. The van der Waals surface area contributed by atoms with Gasteiger partial charge in [0.1, 0.15) is 5.82 Å². The number of hydrogen-bond acceptors (Lipinski definition) is 4. The van der Waals surface area contributed by atoms with Crippen LogP contribution in [0.25, 0.3) is 0 Å². The fraction of sp³-hybridized carbons (Fsp3) is 0.400. The lowest BCUT2D eigenvalue weighted by atomic mass is 10.3. The lowest BCUT2D eigenvalue weighted by Gasteiger charge is -2.10. The number of sulfonamides is 1. The highest BCUT2D eigenvalue weighted by molar-refractivity contribution is 7.89. The van der Waals surface area contributed by atoms with Crippen LogP contribution < -0.4 is 10.5 Å². The summed E-state index contributed by atoms with van der Waals surface area (Å²) in [6.45, 7) is 1.64. The minimum atomic E-state index is -3.76. The molecule has 1 aromatic carbocycles. The summed E-state index contributed by atoms with van der Waals surface area (Å²) in [6.07, 6.45) is -0.309. The number of nitrogens with two attached hydrogens (primary N) is 1. The molecule has 1 aromatic rings. The molecule has 7 heteroatoms. The first-order chi connectivity index (χ1) is 7.86. The van der Waals surface area contributed by atoms with Crippen molar-refractivity contribution in [3.05, 3.63) is 24.0 Å². The Morgan fingerprint density at radius 1 is 1.53 bits per heavy atom. The van der Waals surface area contributed by atoms with Crippen molar-refractivity contribution in [2.75, 3.05) is 12.3 Å². The van der Waals surface area contributed by atoms with Gasteiger partial charge in [0.15, 0.2) is 0 Å². The standard InChI is InChI=1S/C10H15FN2O3S/c1-2-7(14)6-13-17(15,16)8-3-4-9(11)10(12)5-8/h3-5,7,13-14H,2,6,12H2,1H3.